The van der Waals surface area contributed by atoms with Gasteiger partial charge in [0.2, 0.25) is 5.91 Å². The molecule has 1 saturated heterocycles. The standard InChI is InChI=1S/C9H12N2O5S/c1-5(17)9(15)10-4-8(14)16-11-6(12)2-3-7(11)13/h5,17H,2-4H2,1H3,(H,10,15)/t5-/m0/s1. The number of carbonyl (C=O) groups excluding carboxylic acids is 4. The Morgan fingerprint density at radius 1 is 1.41 bits per heavy atom. The molecule has 1 aliphatic rings. The number of amides is 3. The van der Waals surface area contributed by atoms with Crippen LogP contribution in [0.3, 0.4) is 0 Å². The van der Waals surface area contributed by atoms with Gasteiger partial charge >= 0.3 is 5.97 Å². The quantitative estimate of drug-likeness (QED) is 0.501. The molecule has 0 radical (unpaired) electrons. The average molecular weight is 260 g/mol. The van der Waals surface area contributed by atoms with E-state index in [1.165, 1.54) is 6.92 Å². The molecule has 1 atom stereocenters. The van der Waals surface area contributed by atoms with Gasteiger partial charge in [-0.15, -0.1) is 5.06 Å². The van der Waals surface area contributed by atoms with Crippen LogP contribution in [0.1, 0.15) is 19.8 Å². The Labute approximate surface area is 103 Å². The fraction of sp³-hybridized carbons (Fsp3) is 0.556. The van der Waals surface area contributed by atoms with Crippen molar-refractivity contribution in [2.75, 3.05) is 6.54 Å². The van der Waals surface area contributed by atoms with E-state index in [0.29, 0.717) is 5.06 Å². The van der Waals surface area contributed by atoms with E-state index >= 15 is 0 Å². The highest BCUT2D eigenvalue weighted by atomic mass is 32.1. The Morgan fingerprint density at radius 3 is 2.41 bits per heavy atom. The van der Waals surface area contributed by atoms with Gasteiger partial charge < -0.3 is 10.2 Å². The number of hydrogen-bond acceptors (Lipinski definition) is 6. The topological polar surface area (TPSA) is 92.8 Å². The molecule has 0 aromatic rings. The van der Waals surface area contributed by atoms with Crippen molar-refractivity contribution in [3.63, 3.8) is 0 Å². The maximum Gasteiger partial charge on any atom is 0.352 e. The number of hydroxylamine groups is 2. The lowest BCUT2D eigenvalue weighted by molar-refractivity contribution is -0.196. The van der Waals surface area contributed by atoms with Crippen LogP contribution in [-0.4, -0.2) is 40.5 Å². The van der Waals surface area contributed by atoms with Crippen LogP contribution < -0.4 is 5.32 Å². The fourth-order valence-corrected chi connectivity index (χ4v) is 1.19. The van der Waals surface area contributed by atoms with Crippen LogP contribution in [-0.2, 0) is 24.0 Å². The van der Waals surface area contributed by atoms with Gasteiger partial charge in [-0.3, -0.25) is 14.4 Å². The van der Waals surface area contributed by atoms with E-state index in [1.807, 2.05) is 0 Å². The Balaban J connectivity index is 2.37. The molecule has 0 aliphatic carbocycles. The third-order valence-corrected chi connectivity index (χ3v) is 2.22. The minimum absolute atomic E-state index is 0.0339. The van der Waals surface area contributed by atoms with Crippen LogP contribution in [0.15, 0.2) is 0 Å². The molecular formula is C9H12N2O5S. The number of hydrogen-bond donors (Lipinski definition) is 2. The van der Waals surface area contributed by atoms with Gasteiger partial charge in [-0.25, -0.2) is 4.79 Å². The summed E-state index contributed by atoms with van der Waals surface area (Å²) < 4.78 is 0. The molecular weight excluding hydrogens is 248 g/mol. The Bertz CT molecular complexity index is 352. The first-order valence-electron chi connectivity index (χ1n) is 4.94. The van der Waals surface area contributed by atoms with Crippen molar-refractivity contribution in [3.8, 4) is 0 Å². The highest BCUT2D eigenvalue weighted by Crippen LogP contribution is 2.11. The minimum atomic E-state index is -0.879. The predicted octanol–water partition coefficient (Wildman–Crippen LogP) is -0.972. The first-order valence-corrected chi connectivity index (χ1v) is 5.46. The molecule has 7 nitrogen and oxygen atoms in total. The summed E-state index contributed by atoms with van der Waals surface area (Å²) in [5, 5.41) is 2.12. The summed E-state index contributed by atoms with van der Waals surface area (Å²) in [7, 11) is 0. The number of nitrogens with zero attached hydrogens (tertiary/aromatic N) is 1. The molecule has 1 N–H and O–H groups in total. The predicted molar refractivity (Wildman–Crippen MR) is 58.6 cm³/mol. The molecule has 3 amide bonds. The SMILES string of the molecule is C[C@H](S)C(=O)NCC(=O)ON1C(=O)CCC1=O. The van der Waals surface area contributed by atoms with E-state index in [0.717, 1.165) is 0 Å². The number of carbonyl (C=O) groups is 4. The summed E-state index contributed by atoms with van der Waals surface area (Å²) in [6.07, 6.45) is 0.0678. The van der Waals surface area contributed by atoms with Crippen molar-refractivity contribution in [1.82, 2.24) is 10.4 Å². The molecule has 0 aromatic carbocycles. The summed E-state index contributed by atoms with van der Waals surface area (Å²) >= 11 is 3.86. The number of rotatable bonds is 4. The first-order chi connectivity index (χ1) is 7.91. The van der Waals surface area contributed by atoms with Crippen LogP contribution in [0, 0.1) is 0 Å². The smallest absolute Gasteiger partial charge is 0.344 e. The molecule has 1 fully saturated rings. The van der Waals surface area contributed by atoms with Gasteiger partial charge in [-0.1, -0.05) is 0 Å². The van der Waals surface area contributed by atoms with Gasteiger partial charge in [0.1, 0.15) is 6.54 Å². The van der Waals surface area contributed by atoms with Crippen LogP contribution in [0.4, 0.5) is 0 Å². The summed E-state index contributed by atoms with van der Waals surface area (Å²) in [5.74, 6) is -2.44. The van der Waals surface area contributed by atoms with Crippen LogP contribution >= 0.6 is 12.6 Å². The molecule has 0 bridgehead atoms. The number of nitrogens with one attached hydrogen (secondary N) is 1. The largest absolute Gasteiger partial charge is 0.352 e. The molecule has 0 aromatic heterocycles. The van der Waals surface area contributed by atoms with Gasteiger partial charge in [0.25, 0.3) is 11.8 Å². The second kappa shape index (κ2) is 5.67. The van der Waals surface area contributed by atoms with Gasteiger partial charge in [-0.05, 0) is 6.92 Å². The zero-order chi connectivity index (χ0) is 13.0. The Hall–Kier alpha value is -1.57. The van der Waals surface area contributed by atoms with Crippen molar-refractivity contribution in [3.05, 3.63) is 0 Å². The van der Waals surface area contributed by atoms with E-state index in [9.17, 15) is 19.2 Å². The van der Waals surface area contributed by atoms with Gasteiger partial charge in [-0.2, -0.15) is 12.6 Å². The molecule has 1 rings (SSSR count). The summed E-state index contributed by atoms with van der Waals surface area (Å²) in [6.45, 7) is 1.12. The molecule has 1 aliphatic heterocycles. The fourth-order valence-electron chi connectivity index (χ4n) is 1.10. The second-order valence-corrected chi connectivity index (χ2v) is 4.21. The highest BCUT2D eigenvalue weighted by molar-refractivity contribution is 7.81. The molecule has 0 saturated carbocycles. The van der Waals surface area contributed by atoms with Crippen LogP contribution in [0.25, 0.3) is 0 Å². The second-order valence-electron chi connectivity index (χ2n) is 3.44. The van der Waals surface area contributed by atoms with Crippen molar-refractivity contribution in [2.24, 2.45) is 0 Å². The molecule has 0 spiro atoms. The zero-order valence-electron chi connectivity index (χ0n) is 9.13. The van der Waals surface area contributed by atoms with Crippen LogP contribution in [0.2, 0.25) is 0 Å². The first kappa shape index (κ1) is 13.5. The van der Waals surface area contributed by atoms with E-state index in [4.69, 9.17) is 0 Å². The summed E-state index contributed by atoms with van der Waals surface area (Å²) in [6, 6.07) is 0. The summed E-state index contributed by atoms with van der Waals surface area (Å²) in [5.41, 5.74) is 0. The van der Waals surface area contributed by atoms with E-state index in [1.54, 1.807) is 0 Å². The number of imide groups is 1. The van der Waals surface area contributed by atoms with Crippen molar-refractivity contribution < 1.29 is 24.0 Å². The van der Waals surface area contributed by atoms with E-state index in [2.05, 4.69) is 22.8 Å². The molecule has 8 heteroatoms. The maximum atomic E-state index is 11.2. The monoisotopic (exact) mass is 260 g/mol. The minimum Gasteiger partial charge on any atom is -0.344 e. The zero-order valence-corrected chi connectivity index (χ0v) is 10.0. The normalized spacial score (nSPS) is 16.9. The molecule has 1 heterocycles. The lowest BCUT2D eigenvalue weighted by Gasteiger charge is -2.13. The van der Waals surface area contributed by atoms with E-state index in [-0.39, 0.29) is 12.8 Å². The lowest BCUT2D eigenvalue weighted by Crippen LogP contribution is -2.39. The average Bonchev–Trinajstić information content (AvgIpc) is 2.57. The van der Waals surface area contributed by atoms with Crippen LogP contribution in [0.5, 0.6) is 0 Å². The Kier molecular flexibility index (Phi) is 4.50. The van der Waals surface area contributed by atoms with Gasteiger partial charge in [0, 0.05) is 12.8 Å². The molecule has 17 heavy (non-hydrogen) atoms. The van der Waals surface area contributed by atoms with Crippen molar-refractivity contribution in [1.29, 1.82) is 0 Å². The third-order valence-electron chi connectivity index (χ3n) is 1.99. The van der Waals surface area contributed by atoms with Crippen molar-refractivity contribution >= 4 is 36.3 Å². The lowest BCUT2D eigenvalue weighted by atomic mass is 10.4. The van der Waals surface area contributed by atoms with Crippen molar-refractivity contribution in [2.45, 2.75) is 25.0 Å². The maximum absolute atomic E-state index is 11.2. The van der Waals surface area contributed by atoms with E-state index < -0.39 is 35.5 Å². The number of thiol groups is 1. The molecule has 94 valence electrons. The molecule has 0 unspecified atom stereocenters. The Morgan fingerprint density at radius 2 is 1.94 bits per heavy atom. The van der Waals surface area contributed by atoms with Gasteiger partial charge in [0.05, 0.1) is 5.25 Å². The summed E-state index contributed by atoms with van der Waals surface area (Å²) in [4.78, 5) is 49.0. The van der Waals surface area contributed by atoms with Gasteiger partial charge in [0.15, 0.2) is 0 Å². The third kappa shape index (κ3) is 3.74. The highest BCUT2D eigenvalue weighted by Gasteiger charge is 2.32.